The van der Waals surface area contributed by atoms with Crippen molar-refractivity contribution in [3.63, 3.8) is 0 Å². The molecule has 9 heteroatoms. The fourth-order valence-electron chi connectivity index (χ4n) is 4.22. The number of anilines is 1. The zero-order chi connectivity index (χ0) is 24.8. The van der Waals surface area contributed by atoms with E-state index < -0.39 is 23.3 Å². The molecule has 1 atom stereocenters. The van der Waals surface area contributed by atoms with Gasteiger partial charge in [-0.15, -0.1) is 12.4 Å². The topological polar surface area (TPSA) is 64.8 Å². The van der Waals surface area contributed by atoms with Crippen LogP contribution in [0.1, 0.15) is 17.5 Å². The van der Waals surface area contributed by atoms with E-state index in [-0.39, 0.29) is 43.9 Å². The Morgan fingerprint density at radius 2 is 1.67 bits per heavy atom. The van der Waals surface area contributed by atoms with Crippen molar-refractivity contribution in [2.24, 2.45) is 11.7 Å². The van der Waals surface area contributed by atoms with Crippen LogP contribution in [-0.2, 0) is 17.6 Å². The van der Waals surface area contributed by atoms with Crippen molar-refractivity contribution in [1.82, 2.24) is 0 Å². The Morgan fingerprint density at radius 1 is 0.972 bits per heavy atom. The van der Waals surface area contributed by atoms with Gasteiger partial charge in [0.2, 0.25) is 5.91 Å². The summed E-state index contributed by atoms with van der Waals surface area (Å²) in [6.07, 6.45) is 1.98. The molecule has 1 aliphatic rings. The standard InChI is InChI=1S/C27H27F3N2O3.ClH/c28-21-8-11-25-19(16-21)3-2-12-32(25)27(33)20(17-31)15-18-6-9-22(10-7-18)34-13-14-35-26-23(29)4-1-5-24(26)30;/h1,4-11,16,20H,2-3,12-15,17,31H2;1H. The Labute approximate surface area is 214 Å². The Balaban J connectivity index is 0.00000361. The van der Waals surface area contributed by atoms with Crippen molar-refractivity contribution in [2.75, 3.05) is 31.2 Å². The molecule has 2 N–H and O–H groups in total. The summed E-state index contributed by atoms with van der Waals surface area (Å²) >= 11 is 0. The monoisotopic (exact) mass is 520 g/mol. The summed E-state index contributed by atoms with van der Waals surface area (Å²) in [5.41, 5.74) is 8.46. The molecule has 0 spiro atoms. The number of amides is 1. The molecular formula is C27H28ClF3N2O3. The molecule has 1 heterocycles. The first-order valence-corrected chi connectivity index (χ1v) is 11.5. The van der Waals surface area contributed by atoms with E-state index in [1.807, 2.05) is 12.1 Å². The highest BCUT2D eigenvalue weighted by molar-refractivity contribution is 5.96. The van der Waals surface area contributed by atoms with Crippen LogP contribution in [0.5, 0.6) is 11.5 Å². The van der Waals surface area contributed by atoms with Gasteiger partial charge in [0, 0.05) is 18.8 Å². The Kier molecular flexibility index (Phi) is 9.61. The minimum Gasteiger partial charge on any atom is -0.490 e. The molecule has 3 aromatic carbocycles. The maximum absolute atomic E-state index is 13.6. The van der Waals surface area contributed by atoms with Gasteiger partial charge < -0.3 is 20.1 Å². The SMILES string of the molecule is Cl.NCC(Cc1ccc(OCCOc2c(F)cccc2F)cc1)C(=O)N1CCCc2cc(F)ccc21. The first-order chi connectivity index (χ1) is 17.0. The second kappa shape index (κ2) is 12.6. The summed E-state index contributed by atoms with van der Waals surface area (Å²) < 4.78 is 51.5. The van der Waals surface area contributed by atoms with Gasteiger partial charge in [-0.1, -0.05) is 18.2 Å². The highest BCUT2D eigenvalue weighted by Crippen LogP contribution is 2.29. The van der Waals surface area contributed by atoms with Crippen molar-refractivity contribution < 1.29 is 27.4 Å². The van der Waals surface area contributed by atoms with E-state index in [4.69, 9.17) is 15.2 Å². The summed E-state index contributed by atoms with van der Waals surface area (Å²) in [4.78, 5) is 15.0. The quantitative estimate of drug-likeness (QED) is 0.400. The van der Waals surface area contributed by atoms with Gasteiger partial charge in [0.1, 0.15) is 24.8 Å². The lowest BCUT2D eigenvalue weighted by atomic mass is 9.95. The smallest absolute Gasteiger partial charge is 0.231 e. The largest absolute Gasteiger partial charge is 0.490 e. The fraction of sp³-hybridized carbons (Fsp3) is 0.296. The number of carbonyl (C=O) groups excluding carboxylic acids is 1. The summed E-state index contributed by atoms with van der Waals surface area (Å²) in [6, 6.07) is 15.3. The van der Waals surface area contributed by atoms with E-state index in [0.717, 1.165) is 41.8 Å². The molecule has 3 aromatic rings. The highest BCUT2D eigenvalue weighted by Gasteiger charge is 2.28. The van der Waals surface area contributed by atoms with Crippen LogP contribution in [0.3, 0.4) is 0 Å². The summed E-state index contributed by atoms with van der Waals surface area (Å²) in [5, 5.41) is 0. The van der Waals surface area contributed by atoms with E-state index in [9.17, 15) is 18.0 Å². The Morgan fingerprint density at radius 3 is 2.36 bits per heavy atom. The molecule has 4 rings (SSSR count). The number of carbonyl (C=O) groups is 1. The van der Waals surface area contributed by atoms with E-state index in [1.54, 1.807) is 23.1 Å². The Hall–Kier alpha value is -3.23. The second-order valence-corrected chi connectivity index (χ2v) is 8.39. The maximum Gasteiger partial charge on any atom is 0.231 e. The number of rotatable bonds is 9. The second-order valence-electron chi connectivity index (χ2n) is 8.39. The number of hydrogen-bond acceptors (Lipinski definition) is 4. The van der Waals surface area contributed by atoms with Gasteiger partial charge in [-0.05, 0) is 72.9 Å². The maximum atomic E-state index is 13.6. The number of para-hydroxylation sites is 1. The molecule has 192 valence electrons. The summed E-state index contributed by atoms with van der Waals surface area (Å²) in [5.74, 6) is -2.18. The molecule has 0 saturated carbocycles. The number of nitrogens with zero attached hydrogens (tertiary/aromatic N) is 1. The number of hydrogen-bond donors (Lipinski definition) is 1. The van der Waals surface area contributed by atoms with E-state index in [1.165, 1.54) is 18.2 Å². The third-order valence-electron chi connectivity index (χ3n) is 5.98. The zero-order valence-corrected chi connectivity index (χ0v) is 20.4. The summed E-state index contributed by atoms with van der Waals surface area (Å²) in [6.45, 7) is 0.851. The van der Waals surface area contributed by atoms with Crippen molar-refractivity contribution in [1.29, 1.82) is 0 Å². The van der Waals surface area contributed by atoms with Crippen LogP contribution in [0.4, 0.5) is 18.9 Å². The molecule has 1 aliphatic heterocycles. The number of aryl methyl sites for hydroxylation is 1. The summed E-state index contributed by atoms with van der Waals surface area (Å²) in [7, 11) is 0. The first-order valence-electron chi connectivity index (χ1n) is 11.5. The van der Waals surface area contributed by atoms with Crippen LogP contribution in [-0.4, -0.2) is 32.2 Å². The lowest BCUT2D eigenvalue weighted by Gasteiger charge is -2.32. The third-order valence-corrected chi connectivity index (χ3v) is 5.98. The van der Waals surface area contributed by atoms with Gasteiger partial charge in [-0.25, -0.2) is 13.2 Å². The minimum atomic E-state index is -0.765. The number of halogens is 4. The van der Waals surface area contributed by atoms with E-state index in [0.29, 0.717) is 18.7 Å². The number of benzene rings is 3. The molecular weight excluding hydrogens is 493 g/mol. The van der Waals surface area contributed by atoms with Crippen LogP contribution in [0.2, 0.25) is 0 Å². The van der Waals surface area contributed by atoms with Crippen molar-refractivity contribution in [3.05, 3.63) is 89.2 Å². The molecule has 0 fully saturated rings. The van der Waals surface area contributed by atoms with Gasteiger partial charge in [-0.3, -0.25) is 4.79 Å². The number of fused-ring (bicyclic) bond motifs is 1. The lowest BCUT2D eigenvalue weighted by molar-refractivity contribution is -0.122. The zero-order valence-electron chi connectivity index (χ0n) is 19.6. The van der Waals surface area contributed by atoms with Gasteiger partial charge in [0.15, 0.2) is 17.4 Å². The molecule has 0 bridgehead atoms. The van der Waals surface area contributed by atoms with Crippen molar-refractivity contribution >= 4 is 24.0 Å². The average molecular weight is 521 g/mol. The predicted molar refractivity (Wildman–Crippen MR) is 134 cm³/mol. The number of ether oxygens (including phenoxy) is 2. The van der Waals surface area contributed by atoms with Gasteiger partial charge >= 0.3 is 0 Å². The van der Waals surface area contributed by atoms with Gasteiger partial charge in [-0.2, -0.15) is 0 Å². The first kappa shape index (κ1) is 27.4. The molecule has 0 aromatic heterocycles. The van der Waals surface area contributed by atoms with Crippen LogP contribution < -0.4 is 20.1 Å². The minimum absolute atomic E-state index is 0. The fourth-order valence-corrected chi connectivity index (χ4v) is 4.22. The molecule has 1 amide bonds. The molecule has 0 saturated heterocycles. The molecule has 0 radical (unpaired) electrons. The van der Waals surface area contributed by atoms with Crippen LogP contribution in [0.25, 0.3) is 0 Å². The van der Waals surface area contributed by atoms with Crippen molar-refractivity contribution in [2.45, 2.75) is 19.3 Å². The normalized spacial score (nSPS) is 13.4. The van der Waals surface area contributed by atoms with Gasteiger partial charge in [0.25, 0.3) is 0 Å². The Bertz CT molecular complexity index is 1160. The van der Waals surface area contributed by atoms with Crippen LogP contribution >= 0.6 is 12.4 Å². The predicted octanol–water partition coefficient (Wildman–Crippen LogP) is 5.08. The van der Waals surface area contributed by atoms with Crippen molar-refractivity contribution in [3.8, 4) is 11.5 Å². The third kappa shape index (κ3) is 6.50. The van der Waals surface area contributed by atoms with E-state index >= 15 is 0 Å². The number of nitrogens with two attached hydrogens (primary N) is 1. The molecule has 36 heavy (non-hydrogen) atoms. The molecule has 0 aliphatic carbocycles. The molecule has 1 unspecified atom stereocenters. The van der Waals surface area contributed by atoms with E-state index in [2.05, 4.69) is 0 Å². The highest BCUT2D eigenvalue weighted by atomic mass is 35.5. The van der Waals surface area contributed by atoms with Crippen LogP contribution in [0, 0.1) is 23.4 Å². The van der Waals surface area contributed by atoms with Crippen LogP contribution in [0.15, 0.2) is 60.7 Å². The average Bonchev–Trinajstić information content (AvgIpc) is 2.86. The lowest BCUT2D eigenvalue weighted by Crippen LogP contribution is -2.42. The molecule has 5 nitrogen and oxygen atoms in total. The van der Waals surface area contributed by atoms with Gasteiger partial charge in [0.05, 0.1) is 5.92 Å².